The van der Waals surface area contributed by atoms with Crippen LogP contribution in [0.2, 0.25) is 0 Å². The average molecular weight is 473 g/mol. The number of rotatable bonds is 0. The van der Waals surface area contributed by atoms with Crippen molar-refractivity contribution in [3.8, 4) is 0 Å². The lowest BCUT2D eigenvalue weighted by atomic mass is 10.3. The van der Waals surface area contributed by atoms with E-state index in [-0.39, 0.29) is 0 Å². The lowest BCUT2D eigenvalue weighted by molar-refractivity contribution is 0.959. The summed E-state index contributed by atoms with van der Waals surface area (Å²) < 4.78 is 0. The van der Waals surface area contributed by atoms with E-state index in [9.17, 15) is 0 Å². The van der Waals surface area contributed by atoms with E-state index in [0.29, 0.717) is 0 Å². The molecule has 0 spiro atoms. The molecule has 0 bridgehead atoms. The van der Waals surface area contributed by atoms with Crippen LogP contribution in [0.5, 0.6) is 0 Å². The first-order valence-corrected chi connectivity index (χ1v) is 11.4. The minimum atomic E-state index is 0.914. The Morgan fingerprint density at radius 3 is 1.81 bits per heavy atom. The molecule has 0 aliphatic heterocycles. The van der Waals surface area contributed by atoms with Gasteiger partial charge in [-0.1, -0.05) is 60.7 Å². The van der Waals surface area contributed by atoms with Gasteiger partial charge in [0.1, 0.15) is 11.0 Å². The third-order valence-corrected chi connectivity index (χ3v) is 5.36. The predicted octanol–water partition coefficient (Wildman–Crippen LogP) is 6.25. The fourth-order valence-electron chi connectivity index (χ4n) is 3.54. The van der Waals surface area contributed by atoms with Crippen LogP contribution in [0.4, 0.5) is 0 Å². The fraction of sp³-hybridized carbons (Fsp3) is 0. The molecule has 0 saturated carbocycles. The van der Waals surface area contributed by atoms with E-state index in [1.165, 1.54) is 10.9 Å². The molecule has 0 radical (unpaired) electrons. The first-order valence-electron chi connectivity index (χ1n) is 11.4. The van der Waals surface area contributed by atoms with Crippen LogP contribution < -0.4 is 0 Å². The van der Waals surface area contributed by atoms with Crippen LogP contribution in [0.15, 0.2) is 122 Å². The Morgan fingerprint density at radius 1 is 0.500 bits per heavy atom. The van der Waals surface area contributed by atoms with Crippen LogP contribution in [0.1, 0.15) is 0 Å². The Balaban J connectivity index is 0.0000000988. The van der Waals surface area contributed by atoms with Crippen molar-refractivity contribution >= 4 is 43.9 Å². The normalized spacial score (nSPS) is 10.2. The van der Waals surface area contributed by atoms with Gasteiger partial charge in [-0.2, -0.15) is 20.5 Å². The molecule has 4 N–H and O–H groups in total. The number of aromatic amines is 4. The number of hydrogen-bond donors (Lipinski definition) is 4. The number of aromatic nitrogens is 8. The first-order chi connectivity index (χ1) is 17.9. The summed E-state index contributed by atoms with van der Waals surface area (Å²) in [7, 11) is 0. The van der Waals surface area contributed by atoms with Crippen LogP contribution in [-0.4, -0.2) is 40.6 Å². The third-order valence-electron chi connectivity index (χ3n) is 5.36. The molecule has 8 aromatic rings. The van der Waals surface area contributed by atoms with Gasteiger partial charge in [0.2, 0.25) is 0 Å². The van der Waals surface area contributed by atoms with E-state index in [0.717, 1.165) is 33.0 Å². The zero-order valence-electron chi connectivity index (χ0n) is 19.3. The van der Waals surface area contributed by atoms with Crippen LogP contribution in [0, 0.1) is 0 Å². The summed E-state index contributed by atoms with van der Waals surface area (Å²) in [5.41, 5.74) is 6.25. The second-order valence-electron chi connectivity index (χ2n) is 7.75. The van der Waals surface area contributed by atoms with Gasteiger partial charge < -0.3 is 9.97 Å². The summed E-state index contributed by atoms with van der Waals surface area (Å²) in [5.74, 6) is 0. The Labute approximate surface area is 206 Å². The maximum Gasteiger partial charge on any atom is 0.112 e. The highest BCUT2D eigenvalue weighted by atomic mass is 15.3. The summed E-state index contributed by atoms with van der Waals surface area (Å²) in [4.78, 5) is 10.2. The third kappa shape index (κ3) is 5.63. The number of benzene rings is 4. The monoisotopic (exact) mass is 472 g/mol. The number of para-hydroxylation sites is 6. The molecule has 176 valence electrons. The molecular formula is C28H24N8. The molecule has 0 fully saturated rings. The molecule has 4 heterocycles. The van der Waals surface area contributed by atoms with Gasteiger partial charge in [0.25, 0.3) is 0 Å². The van der Waals surface area contributed by atoms with Crippen molar-refractivity contribution in [1.29, 1.82) is 0 Å². The molecule has 0 aliphatic carbocycles. The van der Waals surface area contributed by atoms with Gasteiger partial charge in [0, 0.05) is 17.1 Å². The maximum atomic E-state index is 4.06. The second-order valence-corrected chi connectivity index (χ2v) is 7.75. The number of H-pyrrole nitrogens is 4. The molecule has 8 rings (SSSR count). The highest BCUT2D eigenvalue weighted by Gasteiger charge is 1.91. The highest BCUT2D eigenvalue weighted by Crippen LogP contribution is 2.09. The fourth-order valence-corrected chi connectivity index (χ4v) is 3.54. The van der Waals surface area contributed by atoms with Gasteiger partial charge in [-0.3, -0.25) is 5.10 Å². The number of hydrogen-bond acceptors (Lipinski definition) is 4. The minimum Gasteiger partial charge on any atom is -0.361 e. The Morgan fingerprint density at radius 2 is 1.11 bits per heavy atom. The lowest BCUT2D eigenvalue weighted by Crippen LogP contribution is -1.63. The molecule has 4 aromatic carbocycles. The number of nitrogens with zero attached hydrogens (tertiary/aromatic N) is 4. The molecule has 8 heteroatoms. The summed E-state index contributed by atoms with van der Waals surface area (Å²) >= 11 is 0. The topological polar surface area (TPSA) is 115 Å². The van der Waals surface area contributed by atoms with E-state index in [1.54, 1.807) is 6.33 Å². The van der Waals surface area contributed by atoms with E-state index in [1.807, 2.05) is 97.3 Å². The second kappa shape index (κ2) is 11.3. The van der Waals surface area contributed by atoms with Crippen molar-refractivity contribution in [2.75, 3.05) is 0 Å². The maximum absolute atomic E-state index is 4.06. The van der Waals surface area contributed by atoms with Crippen molar-refractivity contribution in [2.24, 2.45) is 0 Å². The molecule has 0 aliphatic rings. The minimum absolute atomic E-state index is 0.914. The van der Waals surface area contributed by atoms with Gasteiger partial charge in [-0.25, -0.2) is 4.98 Å². The first kappa shape index (κ1) is 22.5. The summed E-state index contributed by atoms with van der Waals surface area (Å²) in [6.45, 7) is 0. The SMILES string of the molecule is c1ccc2[nH]ccc2c1.c1ccc2[nH]cnc2c1.c1ccc2[nH]ncc2c1.c1ccc2n[nH]nc2c1. The zero-order chi connectivity index (χ0) is 24.4. The quantitative estimate of drug-likeness (QED) is 0.209. The smallest absolute Gasteiger partial charge is 0.112 e. The van der Waals surface area contributed by atoms with Gasteiger partial charge in [-0.15, -0.1) is 0 Å². The van der Waals surface area contributed by atoms with E-state index >= 15 is 0 Å². The van der Waals surface area contributed by atoms with Gasteiger partial charge >= 0.3 is 0 Å². The van der Waals surface area contributed by atoms with Gasteiger partial charge in [0.05, 0.1) is 29.1 Å². The van der Waals surface area contributed by atoms with Crippen LogP contribution in [0.25, 0.3) is 43.9 Å². The number of fused-ring (bicyclic) bond motifs is 4. The Kier molecular flexibility index (Phi) is 7.05. The van der Waals surface area contributed by atoms with E-state index < -0.39 is 0 Å². The summed E-state index contributed by atoms with van der Waals surface area (Å²) in [5, 5.41) is 19.5. The molecule has 8 nitrogen and oxygen atoms in total. The zero-order valence-corrected chi connectivity index (χ0v) is 19.3. The predicted molar refractivity (Wildman–Crippen MR) is 144 cm³/mol. The standard InChI is InChI=1S/C8H7N.2C7H6N2.C6H5N3/c1-2-4-8-7(3-1)5-6-9-8;1-2-4-7-6(3-1)8-5-9-7;1-2-4-7-6(3-1)5-8-9-7;1-2-4-6-5(3-1)7-9-8-6/h1-6,9H;2*1-5H,(H,8,9);1-4H,(H,7,8,9). The summed E-state index contributed by atoms with van der Waals surface area (Å²) in [6.07, 6.45) is 5.46. The summed E-state index contributed by atoms with van der Waals surface area (Å²) in [6, 6.07) is 33.9. The number of imidazole rings is 1. The van der Waals surface area contributed by atoms with Crippen molar-refractivity contribution in [1.82, 2.24) is 40.6 Å². The Hall–Kier alpha value is -5.24. The van der Waals surface area contributed by atoms with E-state index in [2.05, 4.69) is 58.8 Å². The van der Waals surface area contributed by atoms with Crippen LogP contribution in [0.3, 0.4) is 0 Å². The lowest BCUT2D eigenvalue weighted by Gasteiger charge is -1.83. The highest BCUT2D eigenvalue weighted by molar-refractivity contribution is 5.79. The Bertz CT molecular complexity index is 1390. The molecule has 0 unspecified atom stereocenters. The molecular weight excluding hydrogens is 448 g/mol. The largest absolute Gasteiger partial charge is 0.361 e. The molecule has 0 saturated heterocycles. The van der Waals surface area contributed by atoms with Crippen molar-refractivity contribution in [2.45, 2.75) is 0 Å². The average Bonchev–Trinajstić information content (AvgIpc) is 3.76. The van der Waals surface area contributed by atoms with Crippen LogP contribution >= 0.6 is 0 Å². The van der Waals surface area contributed by atoms with Gasteiger partial charge in [0.15, 0.2) is 0 Å². The van der Waals surface area contributed by atoms with Crippen LogP contribution in [-0.2, 0) is 0 Å². The van der Waals surface area contributed by atoms with Gasteiger partial charge in [-0.05, 0) is 47.9 Å². The molecule has 4 aromatic heterocycles. The van der Waals surface area contributed by atoms with Crippen molar-refractivity contribution in [3.63, 3.8) is 0 Å². The molecule has 0 atom stereocenters. The number of nitrogens with one attached hydrogen (secondary N) is 4. The van der Waals surface area contributed by atoms with Crippen molar-refractivity contribution in [3.05, 3.63) is 122 Å². The van der Waals surface area contributed by atoms with Crippen molar-refractivity contribution < 1.29 is 0 Å². The molecule has 36 heavy (non-hydrogen) atoms. The van der Waals surface area contributed by atoms with E-state index in [4.69, 9.17) is 0 Å². The molecule has 0 amide bonds.